The minimum atomic E-state index is 0.757. The number of carbonyl (C=O) groups is 1. The first-order valence-corrected chi connectivity index (χ1v) is 6.43. The predicted octanol–water partition coefficient (Wildman–Crippen LogP) is 2.49. The van der Waals surface area contributed by atoms with Gasteiger partial charge in [-0.05, 0) is 37.3 Å². The molecule has 1 aromatic rings. The largest absolute Gasteiger partial charge is 0.345 e. The van der Waals surface area contributed by atoms with Crippen molar-refractivity contribution in [2.24, 2.45) is 13.0 Å². The molecule has 0 bridgehead atoms. The van der Waals surface area contributed by atoms with Gasteiger partial charge < -0.3 is 4.57 Å². The number of aldehydes is 1. The van der Waals surface area contributed by atoms with Crippen LogP contribution in [0.25, 0.3) is 0 Å². The molecule has 3 nitrogen and oxygen atoms in total. The lowest BCUT2D eigenvalue weighted by molar-refractivity contribution is 0.111. The lowest BCUT2D eigenvalue weighted by Crippen LogP contribution is -2.10. The highest BCUT2D eigenvalue weighted by atomic mass is 32.2. The number of aromatic nitrogens is 1. The van der Waals surface area contributed by atoms with Crippen LogP contribution in [-0.4, -0.2) is 28.2 Å². The monoisotopic (exact) mass is 238 g/mol. The smallest absolute Gasteiger partial charge is 0.166 e. The zero-order valence-corrected chi connectivity index (χ0v) is 10.9. The van der Waals surface area contributed by atoms with E-state index in [1.54, 1.807) is 11.9 Å². The highest BCUT2D eigenvalue weighted by molar-refractivity contribution is 7.97. The number of hydrogen-bond acceptors (Lipinski definition) is 3. The maximum atomic E-state index is 10.8. The van der Waals surface area contributed by atoms with Crippen LogP contribution in [0.15, 0.2) is 11.0 Å². The van der Waals surface area contributed by atoms with Gasteiger partial charge in [0.2, 0.25) is 0 Å². The molecule has 0 saturated carbocycles. The van der Waals surface area contributed by atoms with Gasteiger partial charge in [-0.2, -0.15) is 0 Å². The SMILES string of the molecule is Cc1c(SN2CCC(C)C2)cc(C=O)n1C. The van der Waals surface area contributed by atoms with Gasteiger partial charge in [-0.15, -0.1) is 0 Å². The minimum absolute atomic E-state index is 0.757. The summed E-state index contributed by atoms with van der Waals surface area (Å²) in [6.45, 7) is 6.65. The first kappa shape index (κ1) is 11.7. The third-order valence-corrected chi connectivity index (χ3v) is 4.46. The molecule has 1 saturated heterocycles. The Hall–Kier alpha value is -0.740. The molecule has 1 unspecified atom stereocenters. The van der Waals surface area contributed by atoms with Crippen molar-refractivity contribution < 1.29 is 4.79 Å². The maximum Gasteiger partial charge on any atom is 0.166 e. The lowest BCUT2D eigenvalue weighted by atomic mass is 10.2. The Morgan fingerprint density at radius 1 is 1.56 bits per heavy atom. The van der Waals surface area contributed by atoms with Crippen molar-refractivity contribution in [1.29, 1.82) is 0 Å². The molecule has 0 N–H and O–H groups in total. The number of rotatable bonds is 3. The summed E-state index contributed by atoms with van der Waals surface area (Å²) in [5, 5.41) is 0. The molecule has 0 aromatic carbocycles. The Kier molecular flexibility index (Phi) is 3.40. The van der Waals surface area contributed by atoms with Gasteiger partial charge in [0.15, 0.2) is 6.29 Å². The van der Waals surface area contributed by atoms with Gasteiger partial charge in [0.1, 0.15) is 0 Å². The number of carbonyl (C=O) groups excluding carboxylic acids is 1. The van der Waals surface area contributed by atoms with Gasteiger partial charge in [-0.25, -0.2) is 4.31 Å². The van der Waals surface area contributed by atoms with E-state index in [4.69, 9.17) is 0 Å². The van der Waals surface area contributed by atoms with E-state index in [-0.39, 0.29) is 0 Å². The number of nitrogens with zero attached hydrogens (tertiary/aromatic N) is 2. The van der Waals surface area contributed by atoms with Crippen molar-refractivity contribution in [3.05, 3.63) is 17.5 Å². The van der Waals surface area contributed by atoms with Gasteiger partial charge in [0, 0.05) is 30.7 Å². The summed E-state index contributed by atoms with van der Waals surface area (Å²) in [5.74, 6) is 0.794. The van der Waals surface area contributed by atoms with E-state index in [9.17, 15) is 4.79 Å². The quantitative estimate of drug-likeness (QED) is 0.597. The van der Waals surface area contributed by atoms with Crippen molar-refractivity contribution in [1.82, 2.24) is 8.87 Å². The molecule has 0 radical (unpaired) electrons. The first-order chi connectivity index (χ1) is 7.61. The average Bonchev–Trinajstić information content (AvgIpc) is 2.78. The highest BCUT2D eigenvalue weighted by Crippen LogP contribution is 2.32. The Labute approximate surface area is 101 Å². The summed E-state index contributed by atoms with van der Waals surface area (Å²) in [4.78, 5) is 12.0. The Balaban J connectivity index is 2.12. The topological polar surface area (TPSA) is 25.2 Å². The van der Waals surface area contributed by atoms with Gasteiger partial charge >= 0.3 is 0 Å². The Morgan fingerprint density at radius 2 is 2.31 bits per heavy atom. The molecule has 16 heavy (non-hydrogen) atoms. The predicted molar refractivity (Wildman–Crippen MR) is 66.7 cm³/mol. The lowest BCUT2D eigenvalue weighted by Gasteiger charge is -2.13. The Morgan fingerprint density at radius 3 is 2.81 bits per heavy atom. The number of hydrogen-bond donors (Lipinski definition) is 0. The van der Waals surface area contributed by atoms with Crippen LogP contribution >= 0.6 is 11.9 Å². The molecular formula is C12H18N2OS. The molecular weight excluding hydrogens is 220 g/mol. The van der Waals surface area contributed by atoms with Crippen LogP contribution in [0.3, 0.4) is 0 Å². The van der Waals surface area contributed by atoms with E-state index < -0.39 is 0 Å². The molecule has 4 heteroatoms. The van der Waals surface area contributed by atoms with Crippen LogP contribution in [0.1, 0.15) is 29.5 Å². The zero-order chi connectivity index (χ0) is 11.7. The molecule has 0 spiro atoms. The Bertz CT molecular complexity index is 400. The minimum Gasteiger partial charge on any atom is -0.345 e. The van der Waals surface area contributed by atoms with Crippen LogP contribution in [0.5, 0.6) is 0 Å². The summed E-state index contributed by atoms with van der Waals surface area (Å²) in [5.41, 5.74) is 1.93. The van der Waals surface area contributed by atoms with Crippen molar-refractivity contribution in [3.8, 4) is 0 Å². The summed E-state index contributed by atoms with van der Waals surface area (Å²) < 4.78 is 4.34. The van der Waals surface area contributed by atoms with E-state index in [2.05, 4.69) is 18.2 Å². The molecule has 1 aliphatic rings. The van der Waals surface area contributed by atoms with E-state index in [1.807, 2.05) is 17.7 Å². The van der Waals surface area contributed by atoms with Crippen molar-refractivity contribution in [3.63, 3.8) is 0 Å². The first-order valence-electron chi connectivity index (χ1n) is 5.66. The van der Waals surface area contributed by atoms with E-state index >= 15 is 0 Å². The maximum absolute atomic E-state index is 10.8. The van der Waals surface area contributed by atoms with Gasteiger partial charge in [0.05, 0.1) is 5.69 Å². The molecule has 88 valence electrons. The van der Waals surface area contributed by atoms with E-state index in [0.717, 1.165) is 31.0 Å². The molecule has 0 aliphatic carbocycles. The highest BCUT2D eigenvalue weighted by Gasteiger charge is 2.21. The fourth-order valence-electron chi connectivity index (χ4n) is 2.02. The molecule has 1 aliphatic heterocycles. The molecule has 2 rings (SSSR count). The summed E-state index contributed by atoms with van der Waals surface area (Å²) >= 11 is 1.79. The van der Waals surface area contributed by atoms with Crippen LogP contribution < -0.4 is 0 Å². The fraction of sp³-hybridized carbons (Fsp3) is 0.583. The second-order valence-corrected chi connectivity index (χ2v) is 5.71. The average molecular weight is 238 g/mol. The molecule has 1 aromatic heterocycles. The normalized spacial score (nSPS) is 21.6. The van der Waals surface area contributed by atoms with Crippen molar-refractivity contribution in [2.45, 2.75) is 25.2 Å². The van der Waals surface area contributed by atoms with E-state index in [1.165, 1.54) is 17.0 Å². The van der Waals surface area contributed by atoms with Crippen molar-refractivity contribution >= 4 is 18.2 Å². The summed E-state index contributed by atoms with van der Waals surface area (Å²) in [6.07, 6.45) is 2.20. The summed E-state index contributed by atoms with van der Waals surface area (Å²) in [7, 11) is 1.94. The van der Waals surface area contributed by atoms with Crippen LogP contribution in [0.2, 0.25) is 0 Å². The second-order valence-electron chi connectivity index (χ2n) is 4.57. The fourth-order valence-corrected chi connectivity index (χ4v) is 3.26. The zero-order valence-electron chi connectivity index (χ0n) is 10.1. The third-order valence-electron chi connectivity index (χ3n) is 3.26. The van der Waals surface area contributed by atoms with Crippen LogP contribution in [0.4, 0.5) is 0 Å². The third kappa shape index (κ3) is 2.18. The van der Waals surface area contributed by atoms with Crippen LogP contribution in [-0.2, 0) is 7.05 Å². The van der Waals surface area contributed by atoms with Gasteiger partial charge in [0.25, 0.3) is 0 Å². The van der Waals surface area contributed by atoms with Crippen LogP contribution in [0, 0.1) is 12.8 Å². The molecule has 1 atom stereocenters. The van der Waals surface area contributed by atoms with Crippen molar-refractivity contribution in [2.75, 3.05) is 13.1 Å². The molecule has 0 amide bonds. The van der Waals surface area contributed by atoms with Gasteiger partial charge in [-0.1, -0.05) is 6.92 Å². The van der Waals surface area contributed by atoms with E-state index in [0.29, 0.717) is 0 Å². The standard InChI is InChI=1S/C12H18N2OS/c1-9-4-5-14(7-9)16-12-6-11(8-15)13(3)10(12)2/h6,8-9H,4-5,7H2,1-3H3. The molecule has 1 fully saturated rings. The molecule has 2 heterocycles. The second kappa shape index (κ2) is 4.63. The summed E-state index contributed by atoms with van der Waals surface area (Å²) in [6, 6.07) is 1.98. The van der Waals surface area contributed by atoms with Gasteiger partial charge in [-0.3, -0.25) is 4.79 Å².